The van der Waals surface area contributed by atoms with Crippen molar-refractivity contribution < 1.29 is 18.3 Å². The lowest BCUT2D eigenvalue weighted by Gasteiger charge is -2.27. The maximum Gasteiger partial charge on any atom is 0.387 e. The fourth-order valence-electron chi connectivity index (χ4n) is 3.00. The molecule has 1 aromatic rings. The number of benzene rings is 1. The van der Waals surface area contributed by atoms with Gasteiger partial charge in [-0.3, -0.25) is 4.79 Å². The maximum absolute atomic E-state index is 12.4. The molecule has 0 radical (unpaired) electrons. The van der Waals surface area contributed by atoms with Crippen molar-refractivity contribution in [3.05, 3.63) is 29.8 Å². The van der Waals surface area contributed by atoms with E-state index in [0.717, 1.165) is 25.9 Å². The zero-order chi connectivity index (χ0) is 16.7. The van der Waals surface area contributed by atoms with Gasteiger partial charge in [0.05, 0.1) is 0 Å². The first-order chi connectivity index (χ1) is 11.1. The molecule has 4 nitrogen and oxygen atoms in total. The smallest absolute Gasteiger partial charge is 0.387 e. The summed E-state index contributed by atoms with van der Waals surface area (Å²) in [5.41, 5.74) is 0.552. The summed E-state index contributed by atoms with van der Waals surface area (Å²) in [6.07, 6.45) is 2.65. The third kappa shape index (κ3) is 5.78. The molecule has 2 N–H and O–H groups in total. The lowest BCUT2D eigenvalue weighted by atomic mass is 9.84. The van der Waals surface area contributed by atoms with E-state index in [2.05, 4.69) is 22.3 Å². The van der Waals surface area contributed by atoms with Crippen LogP contribution in [0.1, 0.15) is 31.7 Å². The zero-order valence-corrected chi connectivity index (χ0v) is 13.4. The van der Waals surface area contributed by atoms with Crippen molar-refractivity contribution >= 4 is 5.91 Å². The molecule has 1 fully saturated rings. The van der Waals surface area contributed by atoms with Gasteiger partial charge in [0.25, 0.3) is 0 Å². The Labute approximate surface area is 135 Å². The average Bonchev–Trinajstić information content (AvgIpc) is 2.54. The van der Waals surface area contributed by atoms with Crippen molar-refractivity contribution in [3.63, 3.8) is 0 Å². The Balaban J connectivity index is 1.82. The highest BCUT2D eigenvalue weighted by molar-refractivity contribution is 5.76. The molecule has 1 aliphatic heterocycles. The van der Waals surface area contributed by atoms with Crippen LogP contribution < -0.4 is 15.4 Å². The van der Waals surface area contributed by atoms with E-state index in [1.54, 1.807) is 18.2 Å². The fraction of sp³-hybridized carbons (Fsp3) is 0.588. The highest BCUT2D eigenvalue weighted by Gasteiger charge is 2.22. The number of rotatable bonds is 7. The molecule has 2 rings (SSSR count). The van der Waals surface area contributed by atoms with E-state index in [1.807, 2.05) is 0 Å². The quantitative estimate of drug-likeness (QED) is 0.810. The molecule has 6 heteroatoms. The largest absolute Gasteiger partial charge is 0.434 e. The second kappa shape index (κ2) is 8.82. The molecule has 23 heavy (non-hydrogen) atoms. The first-order valence-corrected chi connectivity index (χ1v) is 8.06. The highest BCUT2D eigenvalue weighted by Crippen LogP contribution is 2.24. The van der Waals surface area contributed by atoms with Crippen molar-refractivity contribution in [3.8, 4) is 5.75 Å². The summed E-state index contributed by atoms with van der Waals surface area (Å²) in [5.74, 6) is 0.943. The lowest BCUT2D eigenvalue weighted by molar-refractivity contribution is -0.122. The molecule has 1 heterocycles. The van der Waals surface area contributed by atoms with E-state index in [0.29, 0.717) is 23.8 Å². The molecule has 1 unspecified atom stereocenters. The number of carbonyl (C=O) groups is 1. The van der Waals surface area contributed by atoms with Crippen molar-refractivity contribution in [2.45, 2.75) is 39.3 Å². The van der Waals surface area contributed by atoms with Crippen LogP contribution in [0.4, 0.5) is 8.78 Å². The van der Waals surface area contributed by atoms with Gasteiger partial charge >= 0.3 is 6.61 Å². The van der Waals surface area contributed by atoms with E-state index in [-0.39, 0.29) is 18.2 Å². The highest BCUT2D eigenvalue weighted by atomic mass is 19.3. The number of para-hydroxylation sites is 1. The molecule has 1 atom stereocenters. The number of halogens is 2. The topological polar surface area (TPSA) is 50.4 Å². The molecule has 1 aromatic carbocycles. The molecular weight excluding hydrogens is 302 g/mol. The molecule has 128 valence electrons. The monoisotopic (exact) mass is 326 g/mol. The van der Waals surface area contributed by atoms with E-state index in [4.69, 9.17) is 0 Å². The molecule has 0 saturated carbocycles. The van der Waals surface area contributed by atoms with Crippen molar-refractivity contribution in [2.24, 2.45) is 11.8 Å². The lowest BCUT2D eigenvalue weighted by Crippen LogP contribution is -2.33. The zero-order valence-electron chi connectivity index (χ0n) is 13.4. The van der Waals surface area contributed by atoms with Crippen molar-refractivity contribution in [2.75, 3.05) is 13.1 Å². The Morgan fingerprint density at radius 2 is 2.04 bits per heavy atom. The molecule has 0 spiro atoms. The third-order valence-corrected chi connectivity index (χ3v) is 4.36. The van der Waals surface area contributed by atoms with Crippen LogP contribution in [0, 0.1) is 11.8 Å². The normalized spacial score (nSPS) is 17.0. The van der Waals surface area contributed by atoms with Gasteiger partial charge in [0.15, 0.2) is 0 Å². The second-order valence-electron chi connectivity index (χ2n) is 6.03. The minimum atomic E-state index is -2.87. The summed E-state index contributed by atoms with van der Waals surface area (Å²) in [4.78, 5) is 12.1. The first kappa shape index (κ1) is 17.7. The predicted molar refractivity (Wildman–Crippen MR) is 84.3 cm³/mol. The number of alkyl halides is 2. The van der Waals surface area contributed by atoms with Crippen LogP contribution in [-0.2, 0) is 11.3 Å². The van der Waals surface area contributed by atoms with Crippen LogP contribution in [0.5, 0.6) is 5.75 Å². The van der Waals surface area contributed by atoms with E-state index >= 15 is 0 Å². The fourth-order valence-corrected chi connectivity index (χ4v) is 3.00. The number of carbonyl (C=O) groups excluding carboxylic acids is 1. The van der Waals surface area contributed by atoms with Crippen molar-refractivity contribution in [1.82, 2.24) is 10.6 Å². The Bertz CT molecular complexity index is 505. The number of ether oxygens (including phenoxy) is 1. The Morgan fingerprint density at radius 1 is 1.35 bits per heavy atom. The van der Waals surface area contributed by atoms with Gasteiger partial charge in [0, 0.05) is 18.5 Å². The van der Waals surface area contributed by atoms with Crippen LogP contribution in [0.25, 0.3) is 0 Å². The van der Waals surface area contributed by atoms with Gasteiger partial charge in [-0.2, -0.15) is 8.78 Å². The van der Waals surface area contributed by atoms with Gasteiger partial charge < -0.3 is 15.4 Å². The number of amides is 1. The summed E-state index contributed by atoms with van der Waals surface area (Å²) in [7, 11) is 0. The van der Waals surface area contributed by atoms with Crippen LogP contribution in [0.3, 0.4) is 0 Å². The minimum Gasteiger partial charge on any atom is -0.434 e. The SMILES string of the molecule is CC(CC(=O)NCc1ccccc1OC(F)F)C1CCNCC1. The van der Waals surface area contributed by atoms with Crippen LogP contribution >= 0.6 is 0 Å². The first-order valence-electron chi connectivity index (χ1n) is 8.06. The van der Waals surface area contributed by atoms with Crippen LogP contribution in [-0.4, -0.2) is 25.6 Å². The summed E-state index contributed by atoms with van der Waals surface area (Å²) >= 11 is 0. The van der Waals surface area contributed by atoms with Gasteiger partial charge in [-0.15, -0.1) is 0 Å². The van der Waals surface area contributed by atoms with Gasteiger partial charge in [0.1, 0.15) is 5.75 Å². The van der Waals surface area contributed by atoms with Gasteiger partial charge in [-0.05, 0) is 43.8 Å². The molecule has 0 aromatic heterocycles. The van der Waals surface area contributed by atoms with Crippen molar-refractivity contribution in [1.29, 1.82) is 0 Å². The summed E-state index contributed by atoms with van der Waals surface area (Å²) in [6, 6.07) is 6.51. The summed E-state index contributed by atoms with van der Waals surface area (Å²) < 4.78 is 29.2. The number of hydrogen-bond acceptors (Lipinski definition) is 3. The predicted octanol–water partition coefficient (Wildman–Crippen LogP) is 2.93. The summed E-state index contributed by atoms with van der Waals surface area (Å²) in [6.45, 7) is 1.44. The van der Waals surface area contributed by atoms with Crippen LogP contribution in [0.15, 0.2) is 24.3 Å². The van der Waals surface area contributed by atoms with Crippen LogP contribution in [0.2, 0.25) is 0 Å². The Morgan fingerprint density at radius 3 is 2.74 bits per heavy atom. The van der Waals surface area contributed by atoms with E-state index in [1.165, 1.54) is 6.07 Å². The summed E-state index contributed by atoms with van der Waals surface area (Å²) in [5, 5.41) is 6.12. The van der Waals surface area contributed by atoms with Gasteiger partial charge in [-0.25, -0.2) is 0 Å². The number of piperidine rings is 1. The Kier molecular flexibility index (Phi) is 6.77. The number of hydrogen-bond donors (Lipinski definition) is 2. The van der Waals surface area contributed by atoms with Gasteiger partial charge in [-0.1, -0.05) is 25.1 Å². The van der Waals surface area contributed by atoms with E-state index < -0.39 is 6.61 Å². The number of nitrogens with one attached hydrogen (secondary N) is 2. The maximum atomic E-state index is 12.4. The molecular formula is C17H24F2N2O2. The third-order valence-electron chi connectivity index (χ3n) is 4.36. The minimum absolute atomic E-state index is 0.0529. The average molecular weight is 326 g/mol. The second-order valence-corrected chi connectivity index (χ2v) is 6.03. The molecule has 0 aliphatic carbocycles. The molecule has 1 amide bonds. The molecule has 0 bridgehead atoms. The standard InChI is InChI=1S/C17H24F2N2O2/c1-12(13-6-8-20-9-7-13)10-16(22)21-11-14-4-2-3-5-15(14)23-17(18)19/h2-5,12-13,17,20H,6-11H2,1H3,(H,21,22). The Hall–Kier alpha value is -1.69. The molecule has 1 aliphatic rings. The van der Waals surface area contributed by atoms with E-state index in [9.17, 15) is 13.6 Å². The van der Waals surface area contributed by atoms with Gasteiger partial charge in [0.2, 0.25) is 5.91 Å². The molecule has 1 saturated heterocycles.